The number of amides is 1. The van der Waals surface area contributed by atoms with Gasteiger partial charge in [0.05, 0.1) is 4.90 Å². The van der Waals surface area contributed by atoms with Crippen molar-refractivity contribution in [2.24, 2.45) is 5.92 Å². The number of carboxylic acids is 1. The maximum Gasteiger partial charge on any atom is 0.326 e. The molecule has 23 heavy (non-hydrogen) atoms. The highest BCUT2D eigenvalue weighted by Gasteiger charge is 2.22. The van der Waals surface area contributed by atoms with Gasteiger partial charge < -0.3 is 10.4 Å². The number of rotatable bonds is 8. The second-order valence-electron chi connectivity index (χ2n) is 5.52. The van der Waals surface area contributed by atoms with Gasteiger partial charge in [-0.05, 0) is 36.6 Å². The summed E-state index contributed by atoms with van der Waals surface area (Å²) in [7, 11) is -3.58. The van der Waals surface area contributed by atoms with Crippen molar-refractivity contribution in [3.63, 3.8) is 0 Å². The number of carbonyl (C=O) groups is 2. The van der Waals surface area contributed by atoms with E-state index in [1.165, 1.54) is 24.3 Å². The molecule has 8 heteroatoms. The molecule has 128 valence electrons. The molecular formula is C15H22N2O5S. The minimum Gasteiger partial charge on any atom is -0.480 e. The summed E-state index contributed by atoms with van der Waals surface area (Å²) in [6.45, 7) is 5.66. The first-order valence-corrected chi connectivity index (χ1v) is 8.79. The summed E-state index contributed by atoms with van der Waals surface area (Å²) < 4.78 is 26.0. The van der Waals surface area contributed by atoms with E-state index >= 15 is 0 Å². The van der Waals surface area contributed by atoms with Gasteiger partial charge in [-0.3, -0.25) is 4.79 Å². The Morgan fingerprint density at radius 3 is 2.17 bits per heavy atom. The molecule has 0 aromatic heterocycles. The smallest absolute Gasteiger partial charge is 0.326 e. The molecule has 1 aromatic rings. The van der Waals surface area contributed by atoms with Gasteiger partial charge in [0, 0.05) is 12.1 Å². The van der Waals surface area contributed by atoms with Crippen LogP contribution in [0, 0.1) is 5.92 Å². The van der Waals surface area contributed by atoms with Crippen LogP contribution in [0.25, 0.3) is 0 Å². The maximum atomic E-state index is 12.1. The molecule has 0 aliphatic carbocycles. The van der Waals surface area contributed by atoms with Crippen molar-refractivity contribution in [1.29, 1.82) is 0 Å². The highest BCUT2D eigenvalue weighted by molar-refractivity contribution is 7.89. The molecule has 0 saturated carbocycles. The van der Waals surface area contributed by atoms with Crippen LogP contribution in [-0.4, -0.2) is 38.0 Å². The maximum absolute atomic E-state index is 12.1. The van der Waals surface area contributed by atoms with Crippen LogP contribution >= 0.6 is 0 Å². The van der Waals surface area contributed by atoms with Crippen LogP contribution in [0.1, 0.15) is 37.6 Å². The van der Waals surface area contributed by atoms with E-state index < -0.39 is 27.9 Å². The third kappa shape index (κ3) is 5.65. The summed E-state index contributed by atoms with van der Waals surface area (Å²) in [6.07, 6.45) is 0.313. The Kier molecular flexibility index (Phi) is 6.71. The highest BCUT2D eigenvalue weighted by atomic mass is 32.2. The average molecular weight is 342 g/mol. The van der Waals surface area contributed by atoms with Crippen LogP contribution in [-0.2, 0) is 14.8 Å². The van der Waals surface area contributed by atoms with Crippen molar-refractivity contribution in [2.75, 3.05) is 6.54 Å². The van der Waals surface area contributed by atoms with Crippen LogP contribution in [0.5, 0.6) is 0 Å². The number of hydrogen-bond donors (Lipinski definition) is 3. The van der Waals surface area contributed by atoms with Gasteiger partial charge in [0.15, 0.2) is 0 Å². The second kappa shape index (κ2) is 8.07. The molecule has 0 heterocycles. The third-order valence-corrected chi connectivity index (χ3v) is 4.63. The summed E-state index contributed by atoms with van der Waals surface area (Å²) >= 11 is 0. The molecule has 0 radical (unpaired) electrons. The average Bonchev–Trinajstić information content (AvgIpc) is 2.46. The minimum atomic E-state index is -3.58. The van der Waals surface area contributed by atoms with E-state index in [4.69, 9.17) is 5.11 Å². The Labute approximate surface area is 136 Å². The van der Waals surface area contributed by atoms with Gasteiger partial charge >= 0.3 is 5.97 Å². The first-order valence-electron chi connectivity index (χ1n) is 7.30. The molecule has 0 spiro atoms. The van der Waals surface area contributed by atoms with Gasteiger partial charge in [0.2, 0.25) is 10.0 Å². The van der Waals surface area contributed by atoms with Crippen molar-refractivity contribution in [2.45, 2.75) is 38.1 Å². The Hall–Kier alpha value is -1.93. The predicted molar refractivity (Wildman–Crippen MR) is 85.6 cm³/mol. The molecule has 0 bridgehead atoms. The van der Waals surface area contributed by atoms with E-state index in [1.54, 1.807) is 6.92 Å². The number of sulfonamides is 1. The number of carboxylic acid groups (broad SMARTS) is 1. The Balaban J connectivity index is 2.87. The number of hydrogen-bond acceptors (Lipinski definition) is 4. The molecule has 1 amide bonds. The minimum absolute atomic E-state index is 0.0489. The lowest BCUT2D eigenvalue weighted by Gasteiger charge is -2.16. The normalized spacial score (nSPS) is 12.9. The fourth-order valence-electron chi connectivity index (χ4n) is 1.99. The summed E-state index contributed by atoms with van der Waals surface area (Å²) in [5, 5.41) is 11.6. The van der Waals surface area contributed by atoms with Crippen molar-refractivity contribution in [3.8, 4) is 0 Å². The van der Waals surface area contributed by atoms with Gasteiger partial charge in [0.1, 0.15) is 6.04 Å². The number of benzene rings is 1. The molecule has 7 nitrogen and oxygen atoms in total. The standard InChI is InChI=1S/C15H22N2O5S/c1-4-16-23(21,22)12-7-5-11(6-8-12)14(18)17-13(15(19)20)9-10(2)3/h5-8,10,13,16H,4,9H2,1-3H3,(H,17,18)(H,19,20). The van der Waals surface area contributed by atoms with E-state index in [1.807, 2.05) is 13.8 Å². The monoisotopic (exact) mass is 342 g/mol. The molecule has 0 aliphatic heterocycles. The lowest BCUT2D eigenvalue weighted by atomic mass is 10.0. The lowest BCUT2D eigenvalue weighted by Crippen LogP contribution is -2.41. The van der Waals surface area contributed by atoms with Gasteiger partial charge in [-0.2, -0.15) is 0 Å². The molecule has 0 fully saturated rings. The first-order chi connectivity index (χ1) is 10.7. The Morgan fingerprint density at radius 1 is 1.17 bits per heavy atom. The number of nitrogens with one attached hydrogen (secondary N) is 2. The summed E-state index contributed by atoms with van der Waals surface area (Å²) in [5.41, 5.74) is 0.204. The molecule has 1 rings (SSSR count). The zero-order chi connectivity index (χ0) is 17.6. The Morgan fingerprint density at radius 2 is 1.74 bits per heavy atom. The van der Waals surface area contributed by atoms with Crippen LogP contribution in [0.3, 0.4) is 0 Å². The van der Waals surface area contributed by atoms with Crippen molar-refractivity contribution in [3.05, 3.63) is 29.8 Å². The van der Waals surface area contributed by atoms with Crippen molar-refractivity contribution < 1.29 is 23.1 Å². The Bertz CT molecular complexity index is 653. The van der Waals surface area contributed by atoms with Gasteiger partial charge in [0.25, 0.3) is 5.91 Å². The van der Waals surface area contributed by atoms with E-state index in [0.29, 0.717) is 6.42 Å². The lowest BCUT2D eigenvalue weighted by molar-refractivity contribution is -0.139. The largest absolute Gasteiger partial charge is 0.480 e. The fourth-order valence-corrected chi connectivity index (χ4v) is 3.03. The zero-order valence-electron chi connectivity index (χ0n) is 13.4. The number of carbonyl (C=O) groups excluding carboxylic acids is 1. The molecule has 1 aromatic carbocycles. The quantitative estimate of drug-likeness (QED) is 0.657. The van der Waals surface area contributed by atoms with Gasteiger partial charge in [-0.1, -0.05) is 20.8 Å². The van der Waals surface area contributed by atoms with Gasteiger partial charge in [-0.15, -0.1) is 0 Å². The van der Waals surface area contributed by atoms with Crippen LogP contribution in [0.2, 0.25) is 0 Å². The molecule has 1 unspecified atom stereocenters. The summed E-state index contributed by atoms with van der Waals surface area (Å²) in [5.74, 6) is -1.53. The molecule has 0 aliphatic rings. The SMILES string of the molecule is CCNS(=O)(=O)c1ccc(C(=O)NC(CC(C)C)C(=O)O)cc1. The second-order valence-corrected chi connectivity index (χ2v) is 7.29. The van der Waals surface area contributed by atoms with E-state index in [2.05, 4.69) is 10.0 Å². The van der Waals surface area contributed by atoms with Crippen LogP contribution < -0.4 is 10.0 Å². The van der Waals surface area contributed by atoms with Crippen LogP contribution in [0.15, 0.2) is 29.2 Å². The van der Waals surface area contributed by atoms with E-state index in [0.717, 1.165) is 0 Å². The van der Waals surface area contributed by atoms with E-state index in [-0.39, 0.29) is 22.9 Å². The third-order valence-electron chi connectivity index (χ3n) is 3.07. The highest BCUT2D eigenvalue weighted by Crippen LogP contribution is 2.11. The fraction of sp³-hybridized carbons (Fsp3) is 0.467. The number of aliphatic carboxylic acids is 1. The topological polar surface area (TPSA) is 113 Å². The van der Waals surface area contributed by atoms with Crippen molar-refractivity contribution in [1.82, 2.24) is 10.0 Å². The van der Waals surface area contributed by atoms with Crippen molar-refractivity contribution >= 4 is 21.9 Å². The first kappa shape index (κ1) is 19.1. The summed E-state index contributed by atoms with van der Waals surface area (Å²) in [4.78, 5) is 23.3. The van der Waals surface area contributed by atoms with Gasteiger partial charge in [-0.25, -0.2) is 17.9 Å². The molecule has 3 N–H and O–H groups in total. The molecular weight excluding hydrogens is 320 g/mol. The summed E-state index contributed by atoms with van der Waals surface area (Å²) in [6, 6.07) is 4.35. The predicted octanol–water partition coefficient (Wildman–Crippen LogP) is 1.21. The van der Waals surface area contributed by atoms with Crippen LogP contribution in [0.4, 0.5) is 0 Å². The molecule has 1 atom stereocenters. The van der Waals surface area contributed by atoms with E-state index in [9.17, 15) is 18.0 Å². The zero-order valence-corrected chi connectivity index (χ0v) is 14.2. The molecule has 0 saturated heterocycles.